The third-order valence-corrected chi connectivity index (χ3v) is 2.34. The first-order valence-corrected chi connectivity index (χ1v) is 5.85. The van der Waals surface area contributed by atoms with Gasteiger partial charge in [-0.25, -0.2) is 0 Å². The molecule has 0 radical (unpaired) electrons. The summed E-state index contributed by atoms with van der Waals surface area (Å²) in [5, 5.41) is 0. The molecule has 0 saturated carbocycles. The maximum atomic E-state index is 5.37. The Hall–Kier alpha value is -0.160. The van der Waals surface area contributed by atoms with Crippen molar-refractivity contribution in [2.75, 3.05) is 60.0 Å². The molecule has 0 aromatic rings. The summed E-state index contributed by atoms with van der Waals surface area (Å²) in [4.78, 5) is 4.64. The predicted molar refractivity (Wildman–Crippen MR) is 65.2 cm³/mol. The van der Waals surface area contributed by atoms with Crippen LogP contribution in [0.2, 0.25) is 0 Å². The average molecular weight is 217 g/mol. The molecule has 0 rings (SSSR count). The van der Waals surface area contributed by atoms with Gasteiger partial charge in [-0.15, -0.1) is 0 Å². The van der Waals surface area contributed by atoms with Crippen LogP contribution in [0.4, 0.5) is 0 Å². The number of nitrogens with zero attached hydrogens (tertiary/aromatic N) is 2. The predicted octanol–water partition coefficient (Wildman–Crippen LogP) is 0.235. The molecule has 0 aromatic heterocycles. The number of likely N-dealkylation sites (N-methyl/N-ethyl adjacent to an activating group) is 1. The summed E-state index contributed by atoms with van der Waals surface area (Å²) in [6.45, 7) is 8.71. The van der Waals surface area contributed by atoms with E-state index >= 15 is 0 Å². The summed E-state index contributed by atoms with van der Waals surface area (Å²) in [6.07, 6.45) is 1.22. The second-order valence-corrected chi connectivity index (χ2v) is 3.99. The highest BCUT2D eigenvalue weighted by molar-refractivity contribution is 4.56. The first-order chi connectivity index (χ1) is 7.20. The molecule has 0 aromatic carbocycles. The molecule has 0 atom stereocenters. The van der Waals surface area contributed by atoms with Gasteiger partial charge >= 0.3 is 0 Å². The Morgan fingerprint density at radius 3 is 2.33 bits per heavy atom. The summed E-state index contributed by atoms with van der Waals surface area (Å²) in [6, 6.07) is 0. The lowest BCUT2D eigenvalue weighted by molar-refractivity contribution is 0.109. The number of ether oxygens (including phenoxy) is 1. The van der Waals surface area contributed by atoms with Crippen LogP contribution >= 0.6 is 0 Å². The van der Waals surface area contributed by atoms with Gasteiger partial charge in [-0.1, -0.05) is 6.92 Å². The van der Waals surface area contributed by atoms with Crippen molar-refractivity contribution < 1.29 is 4.74 Å². The van der Waals surface area contributed by atoms with Crippen LogP contribution in [0.1, 0.15) is 13.3 Å². The Kier molecular flexibility index (Phi) is 10.3. The quantitative estimate of drug-likeness (QED) is 0.532. The standard InChI is InChI=1S/C11H27N3O/c1-4-14(8-5-7-13(2)3)9-11-15-10-6-12/h4-12H2,1-3H3. The third kappa shape index (κ3) is 10.1. The Morgan fingerprint density at radius 1 is 1.07 bits per heavy atom. The van der Waals surface area contributed by atoms with Crippen molar-refractivity contribution in [1.29, 1.82) is 0 Å². The Bertz CT molecular complexity index is 131. The average Bonchev–Trinajstić information content (AvgIpc) is 2.21. The fraction of sp³-hybridized carbons (Fsp3) is 1.00. The monoisotopic (exact) mass is 217 g/mol. The second-order valence-electron chi connectivity index (χ2n) is 3.99. The van der Waals surface area contributed by atoms with E-state index < -0.39 is 0 Å². The number of hydrogen-bond donors (Lipinski definition) is 1. The van der Waals surface area contributed by atoms with Gasteiger partial charge in [0.2, 0.25) is 0 Å². The van der Waals surface area contributed by atoms with E-state index in [0.717, 1.165) is 32.8 Å². The van der Waals surface area contributed by atoms with Gasteiger partial charge in [0.1, 0.15) is 0 Å². The van der Waals surface area contributed by atoms with Gasteiger partial charge in [0.25, 0.3) is 0 Å². The highest BCUT2D eigenvalue weighted by atomic mass is 16.5. The lowest BCUT2D eigenvalue weighted by Crippen LogP contribution is -2.30. The van der Waals surface area contributed by atoms with E-state index in [-0.39, 0.29) is 0 Å². The second kappa shape index (κ2) is 10.4. The van der Waals surface area contributed by atoms with Crippen molar-refractivity contribution in [1.82, 2.24) is 9.80 Å². The molecule has 0 aliphatic carbocycles. The summed E-state index contributed by atoms with van der Waals surface area (Å²) in [5.41, 5.74) is 5.35. The zero-order chi connectivity index (χ0) is 11.5. The van der Waals surface area contributed by atoms with E-state index in [1.165, 1.54) is 6.42 Å². The molecule has 0 spiro atoms. The van der Waals surface area contributed by atoms with Gasteiger partial charge in [0, 0.05) is 13.1 Å². The van der Waals surface area contributed by atoms with Crippen molar-refractivity contribution in [2.24, 2.45) is 5.73 Å². The summed E-state index contributed by atoms with van der Waals surface area (Å²) in [5.74, 6) is 0. The third-order valence-electron chi connectivity index (χ3n) is 2.34. The van der Waals surface area contributed by atoms with Gasteiger partial charge in [0.05, 0.1) is 13.2 Å². The minimum atomic E-state index is 0.618. The van der Waals surface area contributed by atoms with Crippen molar-refractivity contribution in [2.45, 2.75) is 13.3 Å². The molecule has 92 valence electrons. The van der Waals surface area contributed by atoms with E-state index in [9.17, 15) is 0 Å². The van der Waals surface area contributed by atoms with Gasteiger partial charge < -0.3 is 20.3 Å². The Balaban J connectivity index is 3.38. The van der Waals surface area contributed by atoms with Crippen LogP contribution in [-0.4, -0.2) is 69.8 Å². The number of nitrogens with two attached hydrogens (primary N) is 1. The molecular formula is C11H27N3O. The molecule has 2 N–H and O–H groups in total. The van der Waals surface area contributed by atoms with E-state index in [1.54, 1.807) is 0 Å². The van der Waals surface area contributed by atoms with Gasteiger partial charge in [-0.2, -0.15) is 0 Å². The molecular weight excluding hydrogens is 190 g/mol. The Labute approximate surface area is 94.4 Å². The van der Waals surface area contributed by atoms with Crippen LogP contribution in [0.25, 0.3) is 0 Å². The fourth-order valence-electron chi connectivity index (χ4n) is 1.42. The highest BCUT2D eigenvalue weighted by Gasteiger charge is 2.01. The molecule has 0 bridgehead atoms. The van der Waals surface area contributed by atoms with Crippen molar-refractivity contribution >= 4 is 0 Å². The molecule has 4 nitrogen and oxygen atoms in total. The molecule has 0 unspecified atom stereocenters. The minimum absolute atomic E-state index is 0.618. The van der Waals surface area contributed by atoms with E-state index in [1.807, 2.05) is 0 Å². The van der Waals surface area contributed by atoms with Crippen LogP contribution in [0, 0.1) is 0 Å². The minimum Gasteiger partial charge on any atom is -0.379 e. The molecule has 0 aliphatic rings. The van der Waals surface area contributed by atoms with E-state index in [4.69, 9.17) is 10.5 Å². The van der Waals surface area contributed by atoms with E-state index in [2.05, 4.69) is 30.8 Å². The fourth-order valence-corrected chi connectivity index (χ4v) is 1.42. The lowest BCUT2D eigenvalue weighted by atomic mass is 10.3. The lowest BCUT2D eigenvalue weighted by Gasteiger charge is -2.21. The van der Waals surface area contributed by atoms with Crippen LogP contribution in [0.3, 0.4) is 0 Å². The van der Waals surface area contributed by atoms with Crippen molar-refractivity contribution in [3.63, 3.8) is 0 Å². The van der Waals surface area contributed by atoms with Crippen LogP contribution < -0.4 is 5.73 Å². The normalized spacial score (nSPS) is 11.6. The molecule has 0 heterocycles. The summed E-state index contributed by atoms with van der Waals surface area (Å²) in [7, 11) is 4.22. The molecule has 0 saturated heterocycles. The zero-order valence-corrected chi connectivity index (χ0v) is 10.5. The van der Waals surface area contributed by atoms with Crippen molar-refractivity contribution in [3.8, 4) is 0 Å². The molecule has 15 heavy (non-hydrogen) atoms. The maximum absolute atomic E-state index is 5.37. The molecule has 0 aliphatic heterocycles. The molecule has 0 amide bonds. The van der Waals surface area contributed by atoms with Crippen molar-refractivity contribution in [3.05, 3.63) is 0 Å². The topological polar surface area (TPSA) is 41.7 Å². The summed E-state index contributed by atoms with van der Waals surface area (Å²) >= 11 is 0. The largest absolute Gasteiger partial charge is 0.379 e. The van der Waals surface area contributed by atoms with E-state index in [0.29, 0.717) is 13.2 Å². The van der Waals surface area contributed by atoms with Gasteiger partial charge in [-0.05, 0) is 40.2 Å². The maximum Gasteiger partial charge on any atom is 0.0594 e. The number of rotatable bonds is 10. The van der Waals surface area contributed by atoms with Crippen LogP contribution in [-0.2, 0) is 4.74 Å². The SMILES string of the molecule is CCN(CCCN(C)C)CCOCCN. The summed E-state index contributed by atoms with van der Waals surface area (Å²) < 4.78 is 5.37. The van der Waals surface area contributed by atoms with Crippen LogP contribution in [0.15, 0.2) is 0 Å². The Morgan fingerprint density at radius 2 is 1.80 bits per heavy atom. The van der Waals surface area contributed by atoms with Crippen LogP contribution in [0.5, 0.6) is 0 Å². The van der Waals surface area contributed by atoms with Gasteiger partial charge in [0.15, 0.2) is 0 Å². The first kappa shape index (κ1) is 14.8. The smallest absolute Gasteiger partial charge is 0.0594 e. The highest BCUT2D eigenvalue weighted by Crippen LogP contribution is 1.92. The number of hydrogen-bond acceptors (Lipinski definition) is 4. The zero-order valence-electron chi connectivity index (χ0n) is 10.5. The molecule has 0 fully saturated rings. The first-order valence-electron chi connectivity index (χ1n) is 5.85. The van der Waals surface area contributed by atoms with Gasteiger partial charge in [-0.3, -0.25) is 0 Å². The molecule has 4 heteroatoms.